The molecule has 78 valence electrons. The van der Waals surface area contributed by atoms with E-state index in [1.54, 1.807) is 0 Å². The average molecular weight is 184 g/mol. The Morgan fingerprint density at radius 3 is 2.31 bits per heavy atom. The summed E-state index contributed by atoms with van der Waals surface area (Å²) in [6.45, 7) is 11.8. The lowest BCUT2D eigenvalue weighted by molar-refractivity contribution is 0.0757. The summed E-state index contributed by atoms with van der Waals surface area (Å²) in [5, 5.41) is 3.41. The van der Waals surface area contributed by atoms with Crippen LogP contribution in [0.1, 0.15) is 40.0 Å². The molecule has 1 saturated heterocycles. The maximum Gasteiger partial charge on any atom is 0.0179 e. The van der Waals surface area contributed by atoms with Crippen molar-refractivity contribution in [1.29, 1.82) is 0 Å². The Balaban J connectivity index is 2.51. The standard InChI is InChI=1S/C11H24N2/c1-4-6-11(3,5-2)13-9-7-12-8-10-13/h12H,4-10H2,1-3H3. The Labute approximate surface area is 82.7 Å². The van der Waals surface area contributed by atoms with Gasteiger partial charge in [-0.15, -0.1) is 0 Å². The summed E-state index contributed by atoms with van der Waals surface area (Å²) >= 11 is 0. The molecule has 1 rings (SSSR count). The smallest absolute Gasteiger partial charge is 0.0179 e. The van der Waals surface area contributed by atoms with Crippen molar-refractivity contribution in [3.63, 3.8) is 0 Å². The van der Waals surface area contributed by atoms with Crippen molar-refractivity contribution in [1.82, 2.24) is 10.2 Å². The van der Waals surface area contributed by atoms with Gasteiger partial charge in [0.2, 0.25) is 0 Å². The zero-order valence-corrected chi connectivity index (χ0v) is 9.40. The van der Waals surface area contributed by atoms with Gasteiger partial charge in [-0.25, -0.2) is 0 Å². The van der Waals surface area contributed by atoms with Crippen molar-refractivity contribution in [2.24, 2.45) is 0 Å². The molecule has 0 saturated carbocycles. The first-order valence-electron chi connectivity index (χ1n) is 5.68. The fourth-order valence-electron chi connectivity index (χ4n) is 2.30. The van der Waals surface area contributed by atoms with Gasteiger partial charge in [0.15, 0.2) is 0 Å². The second kappa shape index (κ2) is 4.97. The minimum Gasteiger partial charge on any atom is -0.314 e. The van der Waals surface area contributed by atoms with Crippen molar-refractivity contribution < 1.29 is 0 Å². The summed E-state index contributed by atoms with van der Waals surface area (Å²) in [5.41, 5.74) is 0.455. The van der Waals surface area contributed by atoms with Gasteiger partial charge in [0.25, 0.3) is 0 Å². The monoisotopic (exact) mass is 184 g/mol. The first-order valence-corrected chi connectivity index (χ1v) is 5.68. The predicted molar refractivity (Wildman–Crippen MR) is 58.0 cm³/mol. The first-order chi connectivity index (χ1) is 6.23. The number of rotatable bonds is 4. The van der Waals surface area contributed by atoms with Gasteiger partial charge < -0.3 is 5.32 Å². The molecule has 1 aliphatic heterocycles. The fourth-order valence-corrected chi connectivity index (χ4v) is 2.30. The number of hydrogen-bond donors (Lipinski definition) is 1. The van der Waals surface area contributed by atoms with Crippen LogP contribution in [0, 0.1) is 0 Å². The normalized spacial score (nSPS) is 24.2. The molecule has 2 heteroatoms. The van der Waals surface area contributed by atoms with Crippen LogP contribution in [0.15, 0.2) is 0 Å². The average Bonchev–Trinajstić information content (AvgIpc) is 2.19. The van der Waals surface area contributed by atoms with E-state index in [9.17, 15) is 0 Å². The largest absolute Gasteiger partial charge is 0.314 e. The third kappa shape index (κ3) is 2.68. The highest BCUT2D eigenvalue weighted by Gasteiger charge is 2.29. The van der Waals surface area contributed by atoms with E-state index in [-0.39, 0.29) is 0 Å². The molecule has 13 heavy (non-hydrogen) atoms. The molecule has 1 aliphatic rings. The van der Waals surface area contributed by atoms with Crippen molar-refractivity contribution in [2.75, 3.05) is 26.2 Å². The summed E-state index contributed by atoms with van der Waals surface area (Å²) in [5.74, 6) is 0. The molecule has 1 heterocycles. The van der Waals surface area contributed by atoms with Gasteiger partial charge >= 0.3 is 0 Å². The molecule has 0 amide bonds. The molecule has 1 atom stereocenters. The third-order valence-corrected chi connectivity index (χ3v) is 3.43. The Kier molecular flexibility index (Phi) is 4.20. The minimum atomic E-state index is 0.455. The summed E-state index contributed by atoms with van der Waals surface area (Å²) in [4.78, 5) is 2.66. The van der Waals surface area contributed by atoms with E-state index in [1.807, 2.05) is 0 Å². The van der Waals surface area contributed by atoms with Crippen molar-refractivity contribution in [3.8, 4) is 0 Å². The molecule has 2 nitrogen and oxygen atoms in total. The molecule has 1 fully saturated rings. The van der Waals surface area contributed by atoms with E-state index in [2.05, 4.69) is 31.0 Å². The molecule has 0 radical (unpaired) electrons. The van der Waals surface area contributed by atoms with Crippen LogP contribution in [-0.4, -0.2) is 36.6 Å². The number of nitrogens with one attached hydrogen (secondary N) is 1. The quantitative estimate of drug-likeness (QED) is 0.717. The second-order valence-corrected chi connectivity index (χ2v) is 4.34. The van der Waals surface area contributed by atoms with Gasteiger partial charge in [0.05, 0.1) is 0 Å². The van der Waals surface area contributed by atoms with E-state index in [4.69, 9.17) is 0 Å². The number of nitrogens with zero attached hydrogens (tertiary/aromatic N) is 1. The Morgan fingerprint density at radius 2 is 1.85 bits per heavy atom. The molecule has 1 N–H and O–H groups in total. The van der Waals surface area contributed by atoms with Crippen LogP contribution in [0.2, 0.25) is 0 Å². The summed E-state index contributed by atoms with van der Waals surface area (Å²) in [6, 6.07) is 0. The lowest BCUT2D eigenvalue weighted by Gasteiger charge is -2.43. The number of piperazine rings is 1. The highest BCUT2D eigenvalue weighted by atomic mass is 15.2. The van der Waals surface area contributed by atoms with Gasteiger partial charge in [-0.3, -0.25) is 4.90 Å². The summed E-state index contributed by atoms with van der Waals surface area (Å²) in [6.07, 6.45) is 3.92. The van der Waals surface area contributed by atoms with E-state index in [0.717, 1.165) is 0 Å². The van der Waals surface area contributed by atoms with Crippen molar-refractivity contribution in [2.45, 2.75) is 45.6 Å². The van der Waals surface area contributed by atoms with Gasteiger partial charge in [-0.05, 0) is 19.8 Å². The van der Waals surface area contributed by atoms with Crippen LogP contribution >= 0.6 is 0 Å². The van der Waals surface area contributed by atoms with E-state index < -0.39 is 0 Å². The van der Waals surface area contributed by atoms with Crippen LogP contribution in [-0.2, 0) is 0 Å². The van der Waals surface area contributed by atoms with Crippen molar-refractivity contribution in [3.05, 3.63) is 0 Å². The van der Waals surface area contributed by atoms with E-state index in [0.29, 0.717) is 5.54 Å². The predicted octanol–water partition coefficient (Wildman–Crippen LogP) is 1.86. The topological polar surface area (TPSA) is 15.3 Å². The van der Waals surface area contributed by atoms with Crippen LogP contribution < -0.4 is 5.32 Å². The summed E-state index contributed by atoms with van der Waals surface area (Å²) in [7, 11) is 0. The molecular formula is C11H24N2. The molecule has 0 aromatic rings. The van der Waals surface area contributed by atoms with E-state index in [1.165, 1.54) is 45.4 Å². The molecule has 0 aromatic heterocycles. The molecule has 0 aromatic carbocycles. The first kappa shape index (κ1) is 11.0. The Bertz CT molecular complexity index is 141. The maximum absolute atomic E-state index is 3.41. The van der Waals surface area contributed by atoms with Gasteiger partial charge in [-0.2, -0.15) is 0 Å². The third-order valence-electron chi connectivity index (χ3n) is 3.43. The second-order valence-electron chi connectivity index (χ2n) is 4.34. The highest BCUT2D eigenvalue weighted by Crippen LogP contribution is 2.25. The zero-order valence-electron chi connectivity index (χ0n) is 9.40. The van der Waals surface area contributed by atoms with Gasteiger partial charge in [-0.1, -0.05) is 20.3 Å². The van der Waals surface area contributed by atoms with Crippen LogP contribution in [0.3, 0.4) is 0 Å². The molecule has 1 unspecified atom stereocenters. The highest BCUT2D eigenvalue weighted by molar-refractivity contribution is 4.87. The van der Waals surface area contributed by atoms with Crippen LogP contribution in [0.25, 0.3) is 0 Å². The van der Waals surface area contributed by atoms with Crippen LogP contribution in [0.4, 0.5) is 0 Å². The van der Waals surface area contributed by atoms with Crippen molar-refractivity contribution >= 4 is 0 Å². The zero-order chi connectivity index (χ0) is 9.73. The fraction of sp³-hybridized carbons (Fsp3) is 1.00. The number of hydrogen-bond acceptors (Lipinski definition) is 2. The molecule has 0 bridgehead atoms. The van der Waals surface area contributed by atoms with Gasteiger partial charge in [0.1, 0.15) is 0 Å². The molecular weight excluding hydrogens is 160 g/mol. The molecule has 0 aliphatic carbocycles. The Hall–Kier alpha value is -0.0800. The lowest BCUT2D eigenvalue weighted by Crippen LogP contribution is -2.54. The van der Waals surface area contributed by atoms with E-state index >= 15 is 0 Å². The molecule has 0 spiro atoms. The Morgan fingerprint density at radius 1 is 1.23 bits per heavy atom. The minimum absolute atomic E-state index is 0.455. The lowest BCUT2D eigenvalue weighted by atomic mass is 9.90. The SMILES string of the molecule is CCCC(C)(CC)N1CCNCC1. The van der Waals surface area contributed by atoms with Gasteiger partial charge in [0, 0.05) is 31.7 Å². The maximum atomic E-state index is 3.41. The summed E-state index contributed by atoms with van der Waals surface area (Å²) < 4.78 is 0. The van der Waals surface area contributed by atoms with Crippen LogP contribution in [0.5, 0.6) is 0 Å².